The lowest BCUT2D eigenvalue weighted by Gasteiger charge is -2.00. The summed E-state index contributed by atoms with van der Waals surface area (Å²) >= 11 is 5.79. The lowest BCUT2D eigenvalue weighted by Crippen LogP contribution is -3.00. The number of ketones is 1. The summed E-state index contributed by atoms with van der Waals surface area (Å²) in [5.74, 6) is 0.100. The van der Waals surface area contributed by atoms with Crippen LogP contribution in [0.3, 0.4) is 0 Å². The summed E-state index contributed by atoms with van der Waals surface area (Å²) in [5, 5.41) is 0.645. The largest absolute Gasteiger partial charge is 1.00 e. The summed E-state index contributed by atoms with van der Waals surface area (Å²) in [6.45, 7) is 0. The number of Topliss-reactive ketones (excluding diaryl/α,β-unsaturated/α-hetero) is 1. The van der Waals surface area contributed by atoms with Crippen molar-refractivity contribution < 1.29 is 33.3 Å². The number of aryl methyl sites for hydroxylation is 1. The van der Waals surface area contributed by atoms with Crippen molar-refractivity contribution in [2.75, 3.05) is 0 Å². The van der Waals surface area contributed by atoms with E-state index in [0.717, 1.165) is 5.69 Å². The zero-order valence-corrected chi connectivity index (χ0v) is 12.9. The summed E-state index contributed by atoms with van der Waals surface area (Å²) < 4.78 is 1.95. The van der Waals surface area contributed by atoms with Crippen molar-refractivity contribution in [3.63, 3.8) is 0 Å². The number of benzene rings is 1. The molecule has 0 N–H and O–H groups in total. The summed E-state index contributed by atoms with van der Waals surface area (Å²) in [6, 6.07) is 12.8. The van der Waals surface area contributed by atoms with Crippen LogP contribution in [0.25, 0.3) is 0 Å². The fourth-order valence-electron chi connectivity index (χ4n) is 1.64. The molecule has 0 saturated heterocycles. The Morgan fingerprint density at radius 2 is 1.83 bits per heavy atom. The molecule has 0 fully saturated rings. The second kappa shape index (κ2) is 6.85. The molecule has 2 rings (SSSR count). The molecule has 18 heavy (non-hydrogen) atoms. The van der Waals surface area contributed by atoms with Crippen LogP contribution in [-0.4, -0.2) is 5.78 Å². The van der Waals surface area contributed by atoms with Gasteiger partial charge >= 0.3 is 0 Å². The third-order valence-corrected chi connectivity index (χ3v) is 2.92. The molecule has 2 aromatic rings. The smallest absolute Gasteiger partial charge is 0.188 e. The van der Waals surface area contributed by atoms with Gasteiger partial charge in [0, 0.05) is 22.7 Å². The average molecular weight is 374 g/mol. The summed E-state index contributed by atoms with van der Waals surface area (Å²) in [7, 11) is 1.93. The van der Waals surface area contributed by atoms with Gasteiger partial charge < -0.3 is 24.0 Å². The minimum absolute atomic E-state index is 0. The Labute approximate surface area is 129 Å². The Hall–Kier alpha value is -0.940. The molecule has 1 heterocycles. The van der Waals surface area contributed by atoms with Gasteiger partial charge in [-0.3, -0.25) is 4.79 Å². The third-order valence-electron chi connectivity index (χ3n) is 2.67. The van der Waals surface area contributed by atoms with Crippen molar-refractivity contribution in [1.82, 2.24) is 0 Å². The van der Waals surface area contributed by atoms with E-state index in [4.69, 9.17) is 11.6 Å². The van der Waals surface area contributed by atoms with Crippen LogP contribution >= 0.6 is 11.6 Å². The predicted molar refractivity (Wildman–Crippen MR) is 67.1 cm³/mol. The van der Waals surface area contributed by atoms with E-state index < -0.39 is 0 Å². The molecule has 0 saturated carbocycles. The molecule has 0 aliphatic rings. The van der Waals surface area contributed by atoms with Gasteiger partial charge in [0.2, 0.25) is 0 Å². The normalized spacial score (nSPS) is 9.67. The summed E-state index contributed by atoms with van der Waals surface area (Å²) in [4.78, 5) is 12.0. The van der Waals surface area contributed by atoms with Crippen LogP contribution in [0.15, 0.2) is 48.7 Å². The SMILES string of the molecule is C[n+]1ccccc1CC(=O)c1ccc(Cl)cc1.[I-]. The monoisotopic (exact) mass is 373 g/mol. The van der Waals surface area contributed by atoms with Crippen LogP contribution in [0, 0.1) is 0 Å². The molecular weight excluding hydrogens is 361 g/mol. The number of hydrogen-bond donors (Lipinski definition) is 0. The van der Waals surface area contributed by atoms with Crippen LogP contribution in [0.1, 0.15) is 16.1 Å². The van der Waals surface area contributed by atoms with Crippen LogP contribution < -0.4 is 28.5 Å². The average Bonchev–Trinajstić information content (AvgIpc) is 2.33. The Morgan fingerprint density at radius 1 is 1.17 bits per heavy atom. The highest BCUT2D eigenvalue weighted by Crippen LogP contribution is 2.11. The summed E-state index contributed by atoms with van der Waals surface area (Å²) in [6.07, 6.45) is 2.34. The molecule has 0 amide bonds. The zero-order valence-electron chi connectivity index (χ0n) is 9.94. The fourth-order valence-corrected chi connectivity index (χ4v) is 1.77. The van der Waals surface area contributed by atoms with Gasteiger partial charge in [0.1, 0.15) is 7.05 Å². The molecule has 0 radical (unpaired) electrons. The van der Waals surface area contributed by atoms with Crippen molar-refractivity contribution in [2.24, 2.45) is 7.05 Å². The third kappa shape index (κ3) is 3.78. The van der Waals surface area contributed by atoms with Crippen molar-refractivity contribution in [1.29, 1.82) is 0 Å². The van der Waals surface area contributed by atoms with Gasteiger partial charge in [0.15, 0.2) is 17.7 Å². The first-order valence-corrected chi connectivity index (χ1v) is 5.77. The van der Waals surface area contributed by atoms with E-state index in [1.807, 2.05) is 36.0 Å². The number of halogens is 2. The molecule has 0 bridgehead atoms. The second-order valence-electron chi connectivity index (χ2n) is 3.91. The number of rotatable bonds is 3. The Kier molecular flexibility index (Phi) is 5.75. The number of carbonyl (C=O) groups is 1. The highest BCUT2D eigenvalue weighted by Gasteiger charge is 2.12. The van der Waals surface area contributed by atoms with Crippen molar-refractivity contribution >= 4 is 17.4 Å². The number of hydrogen-bond acceptors (Lipinski definition) is 1. The Bertz CT molecular complexity index is 540. The number of nitrogens with zero attached hydrogens (tertiary/aromatic N) is 1. The van der Waals surface area contributed by atoms with E-state index in [9.17, 15) is 4.79 Å². The maximum absolute atomic E-state index is 12.0. The standard InChI is InChI=1S/C14H13ClNO.HI/c1-16-9-3-2-4-13(16)10-14(17)11-5-7-12(15)8-6-11;/h2-9H,10H2,1H3;1H/q+1;/p-1. The molecule has 94 valence electrons. The maximum Gasteiger partial charge on any atom is 0.188 e. The van der Waals surface area contributed by atoms with E-state index in [1.54, 1.807) is 24.3 Å². The van der Waals surface area contributed by atoms with Gasteiger partial charge in [-0.1, -0.05) is 17.7 Å². The van der Waals surface area contributed by atoms with Crippen LogP contribution in [0.2, 0.25) is 5.02 Å². The van der Waals surface area contributed by atoms with E-state index in [2.05, 4.69) is 0 Å². The Morgan fingerprint density at radius 3 is 2.44 bits per heavy atom. The molecule has 1 aromatic carbocycles. The van der Waals surface area contributed by atoms with E-state index in [1.165, 1.54) is 0 Å². The summed E-state index contributed by atoms with van der Waals surface area (Å²) in [5.41, 5.74) is 1.69. The zero-order chi connectivity index (χ0) is 12.3. The number of pyridine rings is 1. The second-order valence-corrected chi connectivity index (χ2v) is 4.35. The minimum atomic E-state index is 0. The molecule has 0 aliphatic heterocycles. The first kappa shape index (κ1) is 15.1. The lowest BCUT2D eigenvalue weighted by atomic mass is 10.1. The Balaban J connectivity index is 0.00000162. The van der Waals surface area contributed by atoms with Crippen LogP contribution in [0.5, 0.6) is 0 Å². The predicted octanol–water partition coefficient (Wildman–Crippen LogP) is -0.406. The molecule has 1 aromatic heterocycles. The minimum Gasteiger partial charge on any atom is -1.00 e. The van der Waals surface area contributed by atoms with Crippen LogP contribution in [-0.2, 0) is 13.5 Å². The van der Waals surface area contributed by atoms with Gasteiger partial charge in [0.25, 0.3) is 0 Å². The molecule has 4 heteroatoms. The maximum atomic E-state index is 12.0. The molecule has 0 aliphatic carbocycles. The molecule has 0 atom stereocenters. The van der Waals surface area contributed by atoms with Gasteiger partial charge in [0.05, 0.1) is 6.42 Å². The van der Waals surface area contributed by atoms with E-state index >= 15 is 0 Å². The van der Waals surface area contributed by atoms with Crippen molar-refractivity contribution in [3.05, 3.63) is 64.9 Å². The highest BCUT2D eigenvalue weighted by atomic mass is 127. The van der Waals surface area contributed by atoms with E-state index in [-0.39, 0.29) is 29.8 Å². The van der Waals surface area contributed by atoms with Crippen LogP contribution in [0.4, 0.5) is 0 Å². The fraction of sp³-hybridized carbons (Fsp3) is 0.143. The molecule has 2 nitrogen and oxygen atoms in total. The van der Waals surface area contributed by atoms with Gasteiger partial charge in [-0.05, 0) is 24.3 Å². The van der Waals surface area contributed by atoms with E-state index in [0.29, 0.717) is 17.0 Å². The quantitative estimate of drug-likeness (QED) is 0.407. The lowest BCUT2D eigenvalue weighted by molar-refractivity contribution is -0.678. The first-order chi connectivity index (χ1) is 8.16. The molecule has 0 spiro atoms. The van der Waals surface area contributed by atoms with Crippen molar-refractivity contribution in [3.8, 4) is 0 Å². The topological polar surface area (TPSA) is 20.9 Å². The van der Waals surface area contributed by atoms with Gasteiger partial charge in [-0.2, -0.15) is 0 Å². The van der Waals surface area contributed by atoms with Crippen molar-refractivity contribution in [2.45, 2.75) is 6.42 Å². The first-order valence-electron chi connectivity index (χ1n) is 5.39. The molecule has 0 unspecified atom stereocenters. The number of carbonyl (C=O) groups excluding carboxylic acids is 1. The van der Waals surface area contributed by atoms with Gasteiger partial charge in [-0.15, -0.1) is 0 Å². The number of aromatic nitrogens is 1. The highest BCUT2D eigenvalue weighted by molar-refractivity contribution is 6.30. The molecular formula is C14H13ClINO. The van der Waals surface area contributed by atoms with Gasteiger partial charge in [-0.25, -0.2) is 4.57 Å².